The Balaban J connectivity index is 1.97. The fourth-order valence-corrected chi connectivity index (χ4v) is 2.94. The molecule has 0 amide bonds. The van der Waals surface area contributed by atoms with Crippen LogP contribution in [0.2, 0.25) is 0 Å². The van der Waals surface area contributed by atoms with Crippen molar-refractivity contribution >= 4 is 0 Å². The van der Waals surface area contributed by atoms with Crippen LogP contribution in [0.5, 0.6) is 5.75 Å². The molecule has 1 aliphatic rings. The highest BCUT2D eigenvalue weighted by atomic mass is 16.5. The van der Waals surface area contributed by atoms with E-state index in [-0.39, 0.29) is 0 Å². The first kappa shape index (κ1) is 16.3. The van der Waals surface area contributed by atoms with Gasteiger partial charge in [0.15, 0.2) is 0 Å². The molecule has 118 valence electrons. The lowest BCUT2D eigenvalue weighted by Crippen LogP contribution is -2.49. The highest BCUT2D eigenvalue weighted by Crippen LogP contribution is 2.22. The van der Waals surface area contributed by atoms with Crippen LogP contribution in [0.4, 0.5) is 0 Å². The molecule has 1 atom stereocenters. The second-order valence-electron chi connectivity index (χ2n) is 5.92. The van der Waals surface area contributed by atoms with E-state index in [9.17, 15) is 0 Å². The standard InChI is InChI=1S/C17H29N3O/c1-4-14(2)20-9-7-19(8-10-20)13-16-11-15(12-18)5-6-17(16)21-3/h5-6,11,14H,4,7-10,12-13,18H2,1-3H3. The largest absolute Gasteiger partial charge is 0.496 e. The minimum absolute atomic E-state index is 0.582. The van der Waals surface area contributed by atoms with Gasteiger partial charge in [-0.05, 0) is 31.0 Å². The van der Waals surface area contributed by atoms with Gasteiger partial charge < -0.3 is 10.5 Å². The maximum Gasteiger partial charge on any atom is 0.123 e. The molecule has 1 aliphatic heterocycles. The highest BCUT2D eigenvalue weighted by Gasteiger charge is 2.20. The molecular weight excluding hydrogens is 262 g/mol. The highest BCUT2D eigenvalue weighted by molar-refractivity contribution is 5.37. The Morgan fingerprint density at radius 3 is 2.52 bits per heavy atom. The van der Waals surface area contributed by atoms with Crippen molar-refractivity contribution < 1.29 is 4.74 Å². The summed E-state index contributed by atoms with van der Waals surface area (Å²) in [6, 6.07) is 6.96. The van der Waals surface area contributed by atoms with Gasteiger partial charge in [-0.25, -0.2) is 0 Å². The molecule has 1 fully saturated rings. The van der Waals surface area contributed by atoms with E-state index in [1.807, 2.05) is 12.1 Å². The number of hydrogen-bond acceptors (Lipinski definition) is 4. The maximum absolute atomic E-state index is 5.75. The third kappa shape index (κ3) is 4.19. The first-order chi connectivity index (χ1) is 10.2. The van der Waals surface area contributed by atoms with Crippen molar-refractivity contribution in [2.75, 3.05) is 33.3 Å². The van der Waals surface area contributed by atoms with Gasteiger partial charge in [0, 0.05) is 50.9 Å². The van der Waals surface area contributed by atoms with Gasteiger partial charge in [-0.1, -0.05) is 13.0 Å². The van der Waals surface area contributed by atoms with Gasteiger partial charge in [0.1, 0.15) is 5.75 Å². The van der Waals surface area contributed by atoms with Gasteiger partial charge in [-0.3, -0.25) is 9.80 Å². The average Bonchev–Trinajstić information content (AvgIpc) is 2.54. The first-order valence-corrected chi connectivity index (χ1v) is 8.00. The Hall–Kier alpha value is -1.10. The Morgan fingerprint density at radius 2 is 1.95 bits per heavy atom. The van der Waals surface area contributed by atoms with Gasteiger partial charge in [0.2, 0.25) is 0 Å². The van der Waals surface area contributed by atoms with Crippen molar-refractivity contribution in [2.24, 2.45) is 5.73 Å². The van der Waals surface area contributed by atoms with Crippen LogP contribution in [0.15, 0.2) is 18.2 Å². The second kappa shape index (κ2) is 7.78. The van der Waals surface area contributed by atoms with Crippen LogP contribution in [-0.4, -0.2) is 49.1 Å². The molecule has 21 heavy (non-hydrogen) atoms. The summed E-state index contributed by atoms with van der Waals surface area (Å²) in [6.45, 7) is 10.7. The topological polar surface area (TPSA) is 41.7 Å². The van der Waals surface area contributed by atoms with Crippen molar-refractivity contribution in [1.29, 1.82) is 0 Å². The minimum Gasteiger partial charge on any atom is -0.496 e. The summed E-state index contributed by atoms with van der Waals surface area (Å²) in [7, 11) is 1.74. The van der Waals surface area contributed by atoms with Gasteiger partial charge in [0.25, 0.3) is 0 Å². The quantitative estimate of drug-likeness (QED) is 0.871. The van der Waals surface area contributed by atoms with E-state index in [0.717, 1.165) is 38.5 Å². The number of piperazine rings is 1. The van der Waals surface area contributed by atoms with Gasteiger partial charge in [-0.2, -0.15) is 0 Å². The number of nitrogens with two attached hydrogens (primary N) is 1. The monoisotopic (exact) mass is 291 g/mol. The number of rotatable bonds is 6. The molecule has 0 bridgehead atoms. The zero-order chi connectivity index (χ0) is 15.2. The lowest BCUT2D eigenvalue weighted by Gasteiger charge is -2.38. The van der Waals surface area contributed by atoms with E-state index in [1.165, 1.54) is 17.5 Å². The molecule has 4 nitrogen and oxygen atoms in total. The molecule has 0 saturated carbocycles. The summed E-state index contributed by atoms with van der Waals surface area (Å²) in [5, 5.41) is 0. The van der Waals surface area contributed by atoms with E-state index >= 15 is 0 Å². The molecule has 0 aliphatic carbocycles. The third-order valence-electron chi connectivity index (χ3n) is 4.60. The van der Waals surface area contributed by atoms with Crippen molar-refractivity contribution in [3.63, 3.8) is 0 Å². The molecule has 1 saturated heterocycles. The van der Waals surface area contributed by atoms with Crippen LogP contribution in [-0.2, 0) is 13.1 Å². The zero-order valence-corrected chi connectivity index (χ0v) is 13.6. The molecule has 1 unspecified atom stereocenters. The zero-order valence-electron chi connectivity index (χ0n) is 13.6. The summed E-state index contributed by atoms with van der Waals surface area (Å²) in [5.74, 6) is 0.969. The minimum atomic E-state index is 0.582. The van der Waals surface area contributed by atoms with Crippen molar-refractivity contribution in [2.45, 2.75) is 39.4 Å². The van der Waals surface area contributed by atoms with Crippen LogP contribution < -0.4 is 10.5 Å². The molecule has 0 aromatic heterocycles. The second-order valence-corrected chi connectivity index (χ2v) is 5.92. The number of methoxy groups -OCH3 is 1. The van der Waals surface area contributed by atoms with Gasteiger partial charge >= 0.3 is 0 Å². The molecular formula is C17H29N3O. The van der Waals surface area contributed by atoms with E-state index < -0.39 is 0 Å². The SMILES string of the molecule is CCC(C)N1CCN(Cc2cc(CN)ccc2OC)CC1. The smallest absolute Gasteiger partial charge is 0.123 e. The molecule has 4 heteroatoms. The molecule has 1 aromatic rings. The molecule has 1 aromatic carbocycles. The summed E-state index contributed by atoms with van der Waals surface area (Å²) in [5.41, 5.74) is 8.17. The molecule has 2 rings (SSSR count). The van der Waals surface area contributed by atoms with Gasteiger partial charge in [0.05, 0.1) is 7.11 Å². The fourth-order valence-electron chi connectivity index (χ4n) is 2.94. The Labute approximate surface area is 128 Å². The number of hydrogen-bond donors (Lipinski definition) is 1. The van der Waals surface area contributed by atoms with Gasteiger partial charge in [-0.15, -0.1) is 0 Å². The van der Waals surface area contributed by atoms with Crippen LogP contribution in [0.25, 0.3) is 0 Å². The van der Waals surface area contributed by atoms with Crippen molar-refractivity contribution in [3.8, 4) is 5.75 Å². The number of ether oxygens (including phenoxy) is 1. The fraction of sp³-hybridized carbons (Fsp3) is 0.647. The molecule has 2 N–H and O–H groups in total. The molecule has 1 heterocycles. The number of benzene rings is 1. The molecule has 0 spiro atoms. The average molecular weight is 291 g/mol. The number of nitrogens with zero attached hydrogens (tertiary/aromatic N) is 2. The van der Waals surface area contributed by atoms with Crippen molar-refractivity contribution in [3.05, 3.63) is 29.3 Å². The van der Waals surface area contributed by atoms with E-state index in [0.29, 0.717) is 12.6 Å². The first-order valence-electron chi connectivity index (χ1n) is 8.00. The van der Waals surface area contributed by atoms with Crippen LogP contribution in [0.3, 0.4) is 0 Å². The van der Waals surface area contributed by atoms with Crippen LogP contribution >= 0.6 is 0 Å². The lowest BCUT2D eigenvalue weighted by atomic mass is 10.1. The van der Waals surface area contributed by atoms with Crippen molar-refractivity contribution in [1.82, 2.24) is 9.80 Å². The Morgan fingerprint density at radius 1 is 1.24 bits per heavy atom. The van der Waals surface area contributed by atoms with Crippen LogP contribution in [0, 0.1) is 0 Å². The maximum atomic E-state index is 5.75. The predicted molar refractivity (Wildman–Crippen MR) is 87.5 cm³/mol. The summed E-state index contributed by atoms with van der Waals surface area (Å²) >= 11 is 0. The summed E-state index contributed by atoms with van der Waals surface area (Å²) in [4.78, 5) is 5.10. The summed E-state index contributed by atoms with van der Waals surface area (Å²) in [6.07, 6.45) is 1.23. The van der Waals surface area contributed by atoms with Crippen LogP contribution in [0.1, 0.15) is 31.4 Å². The lowest BCUT2D eigenvalue weighted by molar-refractivity contribution is 0.0958. The predicted octanol–water partition coefficient (Wildman–Crippen LogP) is 2.07. The molecule has 0 radical (unpaired) electrons. The Kier molecular flexibility index (Phi) is 6.03. The Bertz CT molecular complexity index is 442. The normalized spacial score (nSPS) is 18.7. The van der Waals surface area contributed by atoms with E-state index in [4.69, 9.17) is 10.5 Å². The summed E-state index contributed by atoms with van der Waals surface area (Å²) < 4.78 is 5.49. The van der Waals surface area contributed by atoms with E-state index in [1.54, 1.807) is 7.11 Å². The third-order valence-corrected chi connectivity index (χ3v) is 4.60. The van der Waals surface area contributed by atoms with E-state index in [2.05, 4.69) is 29.7 Å².